The van der Waals surface area contributed by atoms with Gasteiger partial charge in [0.1, 0.15) is 11.0 Å². The Kier molecular flexibility index (Phi) is 7.40. The van der Waals surface area contributed by atoms with Gasteiger partial charge >= 0.3 is 6.03 Å². The molecule has 0 spiro atoms. The first-order valence-corrected chi connectivity index (χ1v) is 14.3. The summed E-state index contributed by atoms with van der Waals surface area (Å²) < 4.78 is 1.59. The Morgan fingerprint density at radius 1 is 0.846 bits per heavy atom. The summed E-state index contributed by atoms with van der Waals surface area (Å²) in [4.78, 5) is 34.0. The van der Waals surface area contributed by atoms with Crippen molar-refractivity contribution in [2.75, 3.05) is 16.0 Å². The Morgan fingerprint density at radius 2 is 1.51 bits per heavy atom. The maximum atomic E-state index is 13.1. The molecule has 3 saturated carbocycles. The van der Waals surface area contributed by atoms with E-state index in [0.29, 0.717) is 40.1 Å². The van der Waals surface area contributed by atoms with Crippen LogP contribution in [0.3, 0.4) is 0 Å². The Balaban J connectivity index is 1.13. The molecule has 3 amide bonds. The number of nitrogens with zero attached hydrogens (tertiary/aromatic N) is 4. The van der Waals surface area contributed by atoms with Gasteiger partial charge in [0.15, 0.2) is 11.3 Å². The molecule has 0 radical (unpaired) electrons. The second-order valence-corrected chi connectivity index (χ2v) is 11.2. The van der Waals surface area contributed by atoms with Gasteiger partial charge in [-0.05, 0) is 63.5 Å². The lowest BCUT2D eigenvalue weighted by Gasteiger charge is -2.30. The van der Waals surface area contributed by atoms with E-state index < -0.39 is 0 Å². The molecule has 3 heterocycles. The maximum absolute atomic E-state index is 13.1. The molecule has 0 aliphatic heterocycles. The van der Waals surface area contributed by atoms with Crippen LogP contribution in [0.15, 0.2) is 30.6 Å². The predicted octanol–water partition coefficient (Wildman–Crippen LogP) is 4.57. The second-order valence-electron chi connectivity index (χ2n) is 10.9. The Bertz CT molecular complexity index is 1340. The number of aromatic nitrogens is 4. The van der Waals surface area contributed by atoms with Gasteiger partial charge in [0, 0.05) is 42.1 Å². The normalized spacial score (nSPS) is 21.5. The Hall–Kier alpha value is -3.60. The SMILES string of the molecule is O=C(NC1CCCC1)NC1CCC(Nc2cc(NC3CC3)c3ncc(C(=O)Nc4ccnc(Cl)c4)n3n2)CC1. The molecular weight excluding hydrogens is 518 g/mol. The van der Waals surface area contributed by atoms with Crippen molar-refractivity contribution in [3.05, 3.63) is 41.4 Å². The number of pyridine rings is 1. The Morgan fingerprint density at radius 3 is 2.23 bits per heavy atom. The van der Waals surface area contributed by atoms with Crippen LogP contribution in [-0.4, -0.2) is 55.7 Å². The van der Waals surface area contributed by atoms with E-state index in [0.717, 1.165) is 57.1 Å². The van der Waals surface area contributed by atoms with E-state index in [2.05, 4.69) is 36.6 Å². The molecule has 5 N–H and O–H groups in total. The molecule has 3 aromatic rings. The van der Waals surface area contributed by atoms with E-state index >= 15 is 0 Å². The first kappa shape index (κ1) is 25.7. The van der Waals surface area contributed by atoms with Gasteiger partial charge in [-0.3, -0.25) is 4.79 Å². The Labute approximate surface area is 231 Å². The quantitative estimate of drug-likeness (QED) is 0.259. The highest BCUT2D eigenvalue weighted by Crippen LogP contribution is 2.30. The minimum absolute atomic E-state index is 0.0406. The van der Waals surface area contributed by atoms with Crippen molar-refractivity contribution in [3.8, 4) is 0 Å². The minimum Gasteiger partial charge on any atom is -0.379 e. The number of anilines is 3. The number of hydrogen-bond donors (Lipinski definition) is 5. The molecule has 206 valence electrons. The van der Waals surface area contributed by atoms with Crippen molar-refractivity contribution in [1.29, 1.82) is 0 Å². The van der Waals surface area contributed by atoms with E-state index in [4.69, 9.17) is 16.7 Å². The molecule has 0 aromatic carbocycles. The molecule has 39 heavy (non-hydrogen) atoms. The molecule has 0 bridgehead atoms. The van der Waals surface area contributed by atoms with Crippen molar-refractivity contribution in [3.63, 3.8) is 0 Å². The van der Waals surface area contributed by atoms with Crippen LogP contribution in [0.4, 0.5) is 22.0 Å². The second kappa shape index (κ2) is 11.3. The lowest BCUT2D eigenvalue weighted by atomic mass is 9.91. The standard InChI is InChI=1S/C27H34ClN9O2/c28-23-13-20(11-12-29-23)33-26(38)22-15-30-25-21(31-17-5-6-17)14-24(36-37(22)25)32-18-7-9-19(10-8-18)35-27(39)34-16-3-1-2-4-16/h11-19,31H,1-10H2,(H,32,36)(H,29,33,38)(H2,34,35,39). The molecule has 3 aliphatic carbocycles. The molecule has 3 aromatic heterocycles. The highest BCUT2D eigenvalue weighted by atomic mass is 35.5. The van der Waals surface area contributed by atoms with Crippen LogP contribution in [0.1, 0.15) is 74.7 Å². The third kappa shape index (κ3) is 6.35. The fourth-order valence-electron chi connectivity index (χ4n) is 5.50. The van der Waals surface area contributed by atoms with Gasteiger partial charge in [0.2, 0.25) is 0 Å². The molecule has 0 unspecified atom stereocenters. The number of hydrogen-bond acceptors (Lipinski definition) is 7. The summed E-state index contributed by atoms with van der Waals surface area (Å²) in [5.41, 5.74) is 2.32. The highest BCUT2D eigenvalue weighted by Gasteiger charge is 2.27. The van der Waals surface area contributed by atoms with Crippen LogP contribution >= 0.6 is 11.6 Å². The van der Waals surface area contributed by atoms with Crippen molar-refractivity contribution < 1.29 is 9.59 Å². The van der Waals surface area contributed by atoms with Gasteiger partial charge < -0.3 is 26.6 Å². The number of urea groups is 1. The first-order valence-electron chi connectivity index (χ1n) is 13.9. The summed E-state index contributed by atoms with van der Waals surface area (Å²) in [6.07, 6.45) is 13.5. The molecular formula is C27H34ClN9O2. The molecule has 0 atom stereocenters. The highest BCUT2D eigenvalue weighted by molar-refractivity contribution is 6.29. The van der Waals surface area contributed by atoms with Crippen LogP contribution in [0.2, 0.25) is 5.15 Å². The monoisotopic (exact) mass is 551 g/mol. The fourth-order valence-corrected chi connectivity index (χ4v) is 5.67. The molecule has 0 saturated heterocycles. The van der Waals surface area contributed by atoms with Crippen LogP contribution in [0, 0.1) is 0 Å². The van der Waals surface area contributed by atoms with Gasteiger partial charge in [-0.2, -0.15) is 0 Å². The summed E-state index contributed by atoms with van der Waals surface area (Å²) in [6.45, 7) is 0. The van der Waals surface area contributed by atoms with Gasteiger partial charge in [-0.1, -0.05) is 24.4 Å². The molecule has 6 rings (SSSR count). The number of halogens is 1. The average molecular weight is 552 g/mol. The lowest BCUT2D eigenvalue weighted by Crippen LogP contribution is -2.47. The summed E-state index contributed by atoms with van der Waals surface area (Å²) in [5.74, 6) is 0.342. The summed E-state index contributed by atoms with van der Waals surface area (Å²) in [5, 5.41) is 21.3. The number of rotatable bonds is 8. The zero-order valence-electron chi connectivity index (χ0n) is 21.8. The molecule has 12 heteroatoms. The fraction of sp³-hybridized carbons (Fsp3) is 0.519. The maximum Gasteiger partial charge on any atom is 0.315 e. The zero-order chi connectivity index (χ0) is 26.8. The number of imidazole rings is 1. The number of carbonyl (C=O) groups is 2. The van der Waals surface area contributed by atoms with Gasteiger partial charge in [0.25, 0.3) is 5.91 Å². The van der Waals surface area contributed by atoms with Crippen molar-refractivity contribution >= 4 is 46.4 Å². The number of nitrogens with one attached hydrogen (secondary N) is 5. The van der Waals surface area contributed by atoms with E-state index in [1.807, 2.05) is 6.07 Å². The molecule has 3 aliphatic rings. The molecule has 11 nitrogen and oxygen atoms in total. The van der Waals surface area contributed by atoms with Gasteiger partial charge in [0.05, 0.1) is 11.9 Å². The number of amides is 3. The van der Waals surface area contributed by atoms with Gasteiger partial charge in [-0.15, -0.1) is 5.10 Å². The largest absolute Gasteiger partial charge is 0.379 e. The van der Waals surface area contributed by atoms with Gasteiger partial charge in [-0.25, -0.2) is 19.3 Å². The summed E-state index contributed by atoms with van der Waals surface area (Å²) in [7, 11) is 0. The third-order valence-corrected chi connectivity index (χ3v) is 7.93. The lowest BCUT2D eigenvalue weighted by molar-refractivity contribution is 0.102. The topological polar surface area (TPSA) is 137 Å². The molecule has 3 fully saturated rings. The zero-order valence-corrected chi connectivity index (χ0v) is 22.5. The van der Waals surface area contributed by atoms with Crippen LogP contribution < -0.4 is 26.6 Å². The van der Waals surface area contributed by atoms with E-state index in [9.17, 15) is 9.59 Å². The third-order valence-electron chi connectivity index (χ3n) is 7.73. The minimum atomic E-state index is -0.339. The van der Waals surface area contributed by atoms with E-state index in [1.54, 1.807) is 16.6 Å². The summed E-state index contributed by atoms with van der Waals surface area (Å²) >= 11 is 5.97. The predicted molar refractivity (Wildman–Crippen MR) is 150 cm³/mol. The van der Waals surface area contributed by atoms with Crippen molar-refractivity contribution in [1.82, 2.24) is 30.2 Å². The van der Waals surface area contributed by atoms with Crippen molar-refractivity contribution in [2.45, 2.75) is 88.4 Å². The first-order chi connectivity index (χ1) is 19.0. The smallest absolute Gasteiger partial charge is 0.315 e. The number of fused-ring (bicyclic) bond motifs is 1. The van der Waals surface area contributed by atoms with Crippen molar-refractivity contribution in [2.24, 2.45) is 0 Å². The summed E-state index contributed by atoms with van der Waals surface area (Å²) in [6, 6.07) is 6.33. The van der Waals surface area contributed by atoms with E-state index in [-0.39, 0.29) is 24.0 Å². The van der Waals surface area contributed by atoms with Crippen LogP contribution in [0.5, 0.6) is 0 Å². The van der Waals surface area contributed by atoms with Crippen LogP contribution in [0.25, 0.3) is 5.65 Å². The van der Waals surface area contributed by atoms with Crippen LogP contribution in [-0.2, 0) is 0 Å². The van der Waals surface area contributed by atoms with E-state index in [1.165, 1.54) is 25.2 Å². The average Bonchev–Trinajstić information content (AvgIpc) is 3.38. The number of carbonyl (C=O) groups excluding carboxylic acids is 2.